The standard InChI is InChI=1S/C27H22O3/c1-19-3-11-23(12-4-19)29-25-15-7-21(8-16-25)27(28)22-9-17-26(18-10-22)30-24-13-5-20(2)6-14-24/h3-18H,1-2H3. The Bertz CT molecular complexity index is 1030. The lowest BCUT2D eigenvalue weighted by Crippen LogP contribution is -2.01. The number of carbonyl (C=O) groups excluding carboxylic acids is 1. The molecule has 0 saturated heterocycles. The Kier molecular flexibility index (Phi) is 5.62. The van der Waals surface area contributed by atoms with Crippen molar-refractivity contribution in [1.82, 2.24) is 0 Å². The third-order valence-electron chi connectivity index (χ3n) is 4.75. The van der Waals surface area contributed by atoms with Crippen molar-refractivity contribution >= 4 is 5.78 Å². The third kappa shape index (κ3) is 4.76. The minimum Gasteiger partial charge on any atom is -0.457 e. The van der Waals surface area contributed by atoms with Gasteiger partial charge in [-0.25, -0.2) is 0 Å². The molecule has 0 aliphatic heterocycles. The minimum atomic E-state index is -0.0428. The number of ketones is 1. The molecule has 0 aliphatic rings. The fraction of sp³-hybridized carbons (Fsp3) is 0.0741. The smallest absolute Gasteiger partial charge is 0.193 e. The normalized spacial score (nSPS) is 10.5. The maximum atomic E-state index is 12.8. The summed E-state index contributed by atoms with van der Waals surface area (Å²) >= 11 is 0. The van der Waals surface area contributed by atoms with Gasteiger partial charge in [0.05, 0.1) is 0 Å². The predicted octanol–water partition coefficient (Wildman–Crippen LogP) is 7.12. The van der Waals surface area contributed by atoms with Crippen molar-refractivity contribution in [2.24, 2.45) is 0 Å². The number of ether oxygens (including phenoxy) is 2. The zero-order valence-electron chi connectivity index (χ0n) is 17.0. The SMILES string of the molecule is Cc1ccc(Oc2ccc(C(=O)c3ccc(Oc4ccc(C)cc4)cc3)cc2)cc1. The highest BCUT2D eigenvalue weighted by Crippen LogP contribution is 2.25. The largest absolute Gasteiger partial charge is 0.457 e. The summed E-state index contributed by atoms with van der Waals surface area (Å²) in [5.74, 6) is 2.88. The van der Waals surface area contributed by atoms with E-state index in [1.807, 2.05) is 86.6 Å². The molecule has 3 heteroatoms. The summed E-state index contributed by atoms with van der Waals surface area (Å²) in [5, 5.41) is 0. The predicted molar refractivity (Wildman–Crippen MR) is 119 cm³/mol. The number of aryl methyl sites for hydroxylation is 2. The van der Waals surface area contributed by atoms with Crippen molar-refractivity contribution in [3.63, 3.8) is 0 Å². The molecule has 0 spiro atoms. The Morgan fingerprint density at radius 2 is 0.733 bits per heavy atom. The van der Waals surface area contributed by atoms with E-state index in [9.17, 15) is 4.79 Å². The van der Waals surface area contributed by atoms with E-state index in [0.717, 1.165) is 11.5 Å². The lowest BCUT2D eigenvalue weighted by Gasteiger charge is -2.08. The van der Waals surface area contributed by atoms with Crippen molar-refractivity contribution in [2.75, 3.05) is 0 Å². The second kappa shape index (κ2) is 8.66. The average Bonchev–Trinajstić information content (AvgIpc) is 2.77. The van der Waals surface area contributed by atoms with E-state index in [1.54, 1.807) is 24.3 Å². The number of hydrogen-bond donors (Lipinski definition) is 0. The molecular formula is C27H22O3. The highest BCUT2D eigenvalue weighted by molar-refractivity contribution is 6.09. The van der Waals surface area contributed by atoms with Gasteiger partial charge < -0.3 is 9.47 Å². The Morgan fingerprint density at radius 1 is 0.467 bits per heavy atom. The number of rotatable bonds is 6. The Hall–Kier alpha value is -3.85. The monoisotopic (exact) mass is 394 g/mol. The van der Waals surface area contributed by atoms with Gasteiger partial charge in [-0.3, -0.25) is 4.79 Å². The molecule has 0 aromatic heterocycles. The summed E-state index contributed by atoms with van der Waals surface area (Å²) in [4.78, 5) is 12.8. The quantitative estimate of drug-likeness (QED) is 0.327. The summed E-state index contributed by atoms with van der Waals surface area (Å²) in [6.07, 6.45) is 0. The number of hydrogen-bond acceptors (Lipinski definition) is 3. The van der Waals surface area contributed by atoms with Crippen LogP contribution >= 0.6 is 0 Å². The molecule has 30 heavy (non-hydrogen) atoms. The van der Waals surface area contributed by atoms with Crippen LogP contribution in [0.5, 0.6) is 23.0 Å². The molecule has 0 aliphatic carbocycles. The van der Waals surface area contributed by atoms with Crippen LogP contribution in [0.15, 0.2) is 97.1 Å². The Morgan fingerprint density at radius 3 is 1.03 bits per heavy atom. The highest BCUT2D eigenvalue weighted by atomic mass is 16.5. The molecule has 4 rings (SSSR count). The first-order valence-corrected chi connectivity index (χ1v) is 9.81. The number of benzene rings is 4. The molecule has 0 amide bonds. The van der Waals surface area contributed by atoms with Crippen LogP contribution < -0.4 is 9.47 Å². The van der Waals surface area contributed by atoms with Crippen molar-refractivity contribution in [3.8, 4) is 23.0 Å². The van der Waals surface area contributed by atoms with Gasteiger partial charge >= 0.3 is 0 Å². The van der Waals surface area contributed by atoms with Gasteiger partial charge in [0.1, 0.15) is 23.0 Å². The van der Waals surface area contributed by atoms with Crippen molar-refractivity contribution in [3.05, 3.63) is 119 Å². The number of carbonyl (C=O) groups is 1. The molecule has 0 fully saturated rings. The molecule has 3 nitrogen and oxygen atoms in total. The van der Waals surface area contributed by atoms with Crippen molar-refractivity contribution in [2.45, 2.75) is 13.8 Å². The molecule has 4 aromatic carbocycles. The van der Waals surface area contributed by atoms with E-state index in [1.165, 1.54) is 11.1 Å². The maximum absolute atomic E-state index is 12.8. The lowest BCUT2D eigenvalue weighted by atomic mass is 10.0. The minimum absolute atomic E-state index is 0.0428. The lowest BCUT2D eigenvalue weighted by molar-refractivity contribution is 0.103. The zero-order valence-corrected chi connectivity index (χ0v) is 17.0. The summed E-state index contributed by atoms with van der Waals surface area (Å²) in [7, 11) is 0. The molecule has 0 atom stereocenters. The van der Waals surface area contributed by atoms with Crippen LogP contribution in [-0.2, 0) is 0 Å². The van der Waals surface area contributed by atoms with E-state index >= 15 is 0 Å². The molecule has 148 valence electrons. The Labute approximate surface area is 176 Å². The van der Waals surface area contributed by atoms with Crippen molar-refractivity contribution in [1.29, 1.82) is 0 Å². The van der Waals surface area contributed by atoms with Gasteiger partial charge in [0.15, 0.2) is 5.78 Å². The van der Waals surface area contributed by atoms with E-state index < -0.39 is 0 Å². The molecule has 4 aromatic rings. The molecule has 0 unspecified atom stereocenters. The first-order chi connectivity index (χ1) is 14.6. The fourth-order valence-electron chi connectivity index (χ4n) is 3.00. The first kappa shape index (κ1) is 19.5. The maximum Gasteiger partial charge on any atom is 0.193 e. The molecule has 0 N–H and O–H groups in total. The van der Waals surface area contributed by atoms with Crippen LogP contribution in [0, 0.1) is 13.8 Å². The summed E-state index contributed by atoms with van der Waals surface area (Å²) in [5.41, 5.74) is 3.58. The highest BCUT2D eigenvalue weighted by Gasteiger charge is 2.10. The van der Waals surface area contributed by atoms with Crippen LogP contribution in [0.4, 0.5) is 0 Å². The zero-order chi connectivity index (χ0) is 20.9. The Balaban J connectivity index is 1.42. The van der Waals surface area contributed by atoms with Gasteiger partial charge in [0.2, 0.25) is 0 Å². The summed E-state index contributed by atoms with van der Waals surface area (Å²) in [6.45, 7) is 4.07. The van der Waals surface area contributed by atoms with Gasteiger partial charge in [0.25, 0.3) is 0 Å². The van der Waals surface area contributed by atoms with E-state index in [2.05, 4.69) is 0 Å². The fourth-order valence-corrected chi connectivity index (χ4v) is 3.00. The van der Waals surface area contributed by atoms with Gasteiger partial charge in [-0.05, 0) is 86.6 Å². The summed E-state index contributed by atoms with van der Waals surface area (Å²) < 4.78 is 11.7. The van der Waals surface area contributed by atoms with Crippen LogP contribution in [0.2, 0.25) is 0 Å². The topological polar surface area (TPSA) is 35.5 Å². The van der Waals surface area contributed by atoms with Gasteiger partial charge in [-0.15, -0.1) is 0 Å². The van der Waals surface area contributed by atoms with Gasteiger partial charge in [0, 0.05) is 11.1 Å². The molecule has 0 radical (unpaired) electrons. The second-order valence-electron chi connectivity index (χ2n) is 7.21. The van der Waals surface area contributed by atoms with Crippen LogP contribution in [0.3, 0.4) is 0 Å². The first-order valence-electron chi connectivity index (χ1n) is 9.81. The third-order valence-corrected chi connectivity index (χ3v) is 4.75. The van der Waals surface area contributed by atoms with Crippen LogP contribution in [0.1, 0.15) is 27.0 Å². The van der Waals surface area contributed by atoms with Crippen LogP contribution in [-0.4, -0.2) is 5.78 Å². The molecule has 0 bridgehead atoms. The molecule has 0 heterocycles. The van der Waals surface area contributed by atoms with E-state index in [0.29, 0.717) is 22.6 Å². The average molecular weight is 394 g/mol. The summed E-state index contributed by atoms with van der Waals surface area (Å²) in [6, 6.07) is 30.0. The van der Waals surface area contributed by atoms with Gasteiger partial charge in [-0.2, -0.15) is 0 Å². The second-order valence-corrected chi connectivity index (χ2v) is 7.21. The molecular weight excluding hydrogens is 372 g/mol. The van der Waals surface area contributed by atoms with E-state index in [-0.39, 0.29) is 5.78 Å². The molecule has 0 saturated carbocycles. The van der Waals surface area contributed by atoms with Crippen molar-refractivity contribution < 1.29 is 14.3 Å². The van der Waals surface area contributed by atoms with Crippen LogP contribution in [0.25, 0.3) is 0 Å². The van der Waals surface area contributed by atoms with Gasteiger partial charge in [-0.1, -0.05) is 35.4 Å². The van der Waals surface area contributed by atoms with E-state index in [4.69, 9.17) is 9.47 Å².